The molecule has 0 amide bonds. The van der Waals surface area contributed by atoms with Crippen molar-refractivity contribution in [1.29, 1.82) is 0 Å². The molecular formula is C13H18FN3O2. The second-order valence-electron chi connectivity index (χ2n) is 4.71. The predicted molar refractivity (Wildman–Crippen MR) is 72.0 cm³/mol. The first-order chi connectivity index (χ1) is 9.11. The van der Waals surface area contributed by atoms with Crippen molar-refractivity contribution in [3.63, 3.8) is 0 Å². The van der Waals surface area contributed by atoms with Gasteiger partial charge in [-0.15, -0.1) is 0 Å². The van der Waals surface area contributed by atoms with Gasteiger partial charge in [0.25, 0.3) is 5.69 Å². The van der Waals surface area contributed by atoms with Crippen LogP contribution in [0, 0.1) is 15.9 Å². The summed E-state index contributed by atoms with van der Waals surface area (Å²) in [6.45, 7) is 4.51. The molecule has 5 nitrogen and oxygen atoms in total. The first-order valence-corrected chi connectivity index (χ1v) is 6.54. The van der Waals surface area contributed by atoms with E-state index in [0.717, 1.165) is 32.0 Å². The molecule has 0 radical (unpaired) electrons. The lowest BCUT2D eigenvalue weighted by Crippen LogP contribution is -2.46. The minimum absolute atomic E-state index is 0.197. The third kappa shape index (κ3) is 3.20. The molecule has 1 saturated heterocycles. The van der Waals surface area contributed by atoms with Gasteiger partial charge in [0, 0.05) is 30.9 Å². The molecular weight excluding hydrogens is 249 g/mol. The summed E-state index contributed by atoms with van der Waals surface area (Å²) in [5.41, 5.74) is 0.389. The minimum atomic E-state index is -0.564. The normalized spacial score (nSPS) is 19.2. The monoisotopic (exact) mass is 267 g/mol. The molecule has 104 valence electrons. The zero-order chi connectivity index (χ0) is 13.8. The Kier molecular flexibility index (Phi) is 4.31. The first kappa shape index (κ1) is 13.7. The number of halogens is 1. The summed E-state index contributed by atoms with van der Waals surface area (Å²) in [6.07, 6.45) is 2.09. The maximum atomic E-state index is 13.5. The lowest BCUT2D eigenvalue weighted by Gasteiger charge is -2.35. The zero-order valence-electron chi connectivity index (χ0n) is 10.9. The van der Waals surface area contributed by atoms with E-state index in [0.29, 0.717) is 12.2 Å². The molecule has 0 bridgehead atoms. The lowest BCUT2D eigenvalue weighted by molar-refractivity contribution is -0.385. The second-order valence-corrected chi connectivity index (χ2v) is 4.71. The maximum absolute atomic E-state index is 13.5. The molecule has 2 rings (SSSR count). The summed E-state index contributed by atoms with van der Waals surface area (Å²) in [6, 6.07) is 4.03. The molecule has 1 aliphatic heterocycles. The van der Waals surface area contributed by atoms with Crippen molar-refractivity contribution >= 4 is 11.4 Å². The highest BCUT2D eigenvalue weighted by atomic mass is 19.1. The van der Waals surface area contributed by atoms with Crippen LogP contribution in [0.2, 0.25) is 0 Å². The number of piperidine rings is 1. The Morgan fingerprint density at radius 1 is 1.53 bits per heavy atom. The quantitative estimate of drug-likeness (QED) is 0.672. The molecule has 0 saturated carbocycles. The van der Waals surface area contributed by atoms with Crippen LogP contribution in [0.3, 0.4) is 0 Å². The maximum Gasteiger partial charge on any atom is 0.274 e. The van der Waals surface area contributed by atoms with E-state index in [1.54, 1.807) is 0 Å². The van der Waals surface area contributed by atoms with Gasteiger partial charge in [0.15, 0.2) is 0 Å². The van der Waals surface area contributed by atoms with E-state index in [1.807, 2.05) is 11.8 Å². The van der Waals surface area contributed by atoms with Gasteiger partial charge < -0.3 is 10.2 Å². The molecule has 1 heterocycles. The largest absolute Gasteiger partial charge is 0.367 e. The molecule has 1 unspecified atom stereocenters. The smallest absolute Gasteiger partial charge is 0.274 e. The molecule has 6 heteroatoms. The molecule has 1 fully saturated rings. The molecule has 1 aliphatic rings. The number of nitro groups is 1. The average molecular weight is 267 g/mol. The summed E-state index contributed by atoms with van der Waals surface area (Å²) in [7, 11) is 0. The minimum Gasteiger partial charge on any atom is -0.367 e. The van der Waals surface area contributed by atoms with Crippen LogP contribution in [-0.2, 0) is 0 Å². The van der Waals surface area contributed by atoms with Gasteiger partial charge in [-0.05, 0) is 32.4 Å². The van der Waals surface area contributed by atoms with Gasteiger partial charge in [-0.25, -0.2) is 4.39 Å². The Labute approximate surface area is 111 Å². The van der Waals surface area contributed by atoms with Crippen LogP contribution >= 0.6 is 0 Å². The predicted octanol–water partition coefficient (Wildman–Crippen LogP) is 2.31. The summed E-state index contributed by atoms with van der Waals surface area (Å²) in [5.74, 6) is -0.564. The van der Waals surface area contributed by atoms with Crippen molar-refractivity contribution in [3.05, 3.63) is 34.1 Å². The Morgan fingerprint density at radius 2 is 2.32 bits per heavy atom. The van der Waals surface area contributed by atoms with Crippen LogP contribution in [0.4, 0.5) is 15.8 Å². The molecule has 0 aromatic heterocycles. The SMILES string of the molecule is CCN(c1cc(F)cc([N+](=O)[O-])c1)C1CCCNC1. The van der Waals surface area contributed by atoms with E-state index in [1.165, 1.54) is 12.1 Å². The average Bonchev–Trinajstić information content (AvgIpc) is 2.40. The third-order valence-electron chi connectivity index (χ3n) is 3.46. The lowest BCUT2D eigenvalue weighted by atomic mass is 10.0. The fraction of sp³-hybridized carbons (Fsp3) is 0.538. The van der Waals surface area contributed by atoms with E-state index >= 15 is 0 Å². The highest BCUT2D eigenvalue weighted by Crippen LogP contribution is 2.26. The first-order valence-electron chi connectivity index (χ1n) is 6.54. The van der Waals surface area contributed by atoms with Crippen LogP contribution in [-0.4, -0.2) is 30.6 Å². The molecule has 1 atom stereocenters. The highest BCUT2D eigenvalue weighted by molar-refractivity contribution is 5.54. The molecule has 0 spiro atoms. The van der Waals surface area contributed by atoms with E-state index in [2.05, 4.69) is 5.32 Å². The second kappa shape index (κ2) is 5.97. The molecule has 19 heavy (non-hydrogen) atoms. The van der Waals surface area contributed by atoms with Gasteiger partial charge in [-0.2, -0.15) is 0 Å². The fourth-order valence-electron chi connectivity index (χ4n) is 2.58. The standard InChI is InChI=1S/C13H18FN3O2/c1-2-16(11-4-3-5-15-9-11)12-6-10(14)7-13(8-12)17(18)19/h6-8,11,15H,2-5,9H2,1H3. The number of hydrogen-bond donors (Lipinski definition) is 1. The number of likely N-dealkylation sites (N-methyl/N-ethyl adjacent to an activating group) is 1. The zero-order valence-corrected chi connectivity index (χ0v) is 10.9. The van der Waals surface area contributed by atoms with Crippen molar-refractivity contribution < 1.29 is 9.31 Å². The number of nitrogens with zero attached hydrogens (tertiary/aromatic N) is 2. The van der Waals surface area contributed by atoms with Gasteiger partial charge in [0.2, 0.25) is 0 Å². The Hall–Kier alpha value is -1.69. The van der Waals surface area contributed by atoms with Gasteiger partial charge in [0.1, 0.15) is 5.82 Å². The summed E-state index contributed by atoms with van der Waals surface area (Å²) < 4.78 is 13.5. The van der Waals surface area contributed by atoms with Crippen LogP contribution in [0.15, 0.2) is 18.2 Å². The van der Waals surface area contributed by atoms with E-state index in [4.69, 9.17) is 0 Å². The van der Waals surface area contributed by atoms with Crippen LogP contribution in [0.1, 0.15) is 19.8 Å². The number of hydrogen-bond acceptors (Lipinski definition) is 4. The number of nitrogens with one attached hydrogen (secondary N) is 1. The number of anilines is 1. The van der Waals surface area contributed by atoms with Gasteiger partial charge in [0.05, 0.1) is 11.0 Å². The molecule has 1 aromatic rings. The van der Waals surface area contributed by atoms with Crippen LogP contribution < -0.4 is 10.2 Å². The summed E-state index contributed by atoms with van der Waals surface area (Å²) >= 11 is 0. The van der Waals surface area contributed by atoms with Crippen molar-refractivity contribution in [3.8, 4) is 0 Å². The Balaban J connectivity index is 2.28. The van der Waals surface area contributed by atoms with Gasteiger partial charge >= 0.3 is 0 Å². The van der Waals surface area contributed by atoms with Gasteiger partial charge in [-0.3, -0.25) is 10.1 Å². The number of rotatable bonds is 4. The number of nitro benzene ring substituents is 1. The summed E-state index contributed by atoms with van der Waals surface area (Å²) in [4.78, 5) is 12.3. The topological polar surface area (TPSA) is 58.4 Å². The fourth-order valence-corrected chi connectivity index (χ4v) is 2.58. The van der Waals surface area contributed by atoms with Crippen LogP contribution in [0.5, 0.6) is 0 Å². The van der Waals surface area contributed by atoms with E-state index < -0.39 is 10.7 Å². The van der Waals surface area contributed by atoms with Crippen molar-refractivity contribution in [2.24, 2.45) is 0 Å². The highest BCUT2D eigenvalue weighted by Gasteiger charge is 2.22. The Morgan fingerprint density at radius 3 is 2.89 bits per heavy atom. The molecule has 1 N–H and O–H groups in total. The summed E-state index contributed by atoms with van der Waals surface area (Å²) in [5, 5.41) is 14.1. The van der Waals surface area contributed by atoms with Crippen molar-refractivity contribution in [2.45, 2.75) is 25.8 Å². The number of benzene rings is 1. The van der Waals surface area contributed by atoms with Gasteiger partial charge in [-0.1, -0.05) is 0 Å². The van der Waals surface area contributed by atoms with E-state index in [9.17, 15) is 14.5 Å². The van der Waals surface area contributed by atoms with Crippen LogP contribution in [0.25, 0.3) is 0 Å². The third-order valence-corrected chi connectivity index (χ3v) is 3.46. The van der Waals surface area contributed by atoms with Crippen molar-refractivity contribution in [2.75, 3.05) is 24.5 Å². The Bertz CT molecular complexity index is 461. The number of non-ortho nitro benzene ring substituents is 1. The van der Waals surface area contributed by atoms with Crippen molar-refractivity contribution in [1.82, 2.24) is 5.32 Å². The molecule has 1 aromatic carbocycles. The van der Waals surface area contributed by atoms with E-state index in [-0.39, 0.29) is 11.7 Å². The molecule has 0 aliphatic carbocycles.